The SMILES string of the molecule is Cc1c(/C=C2/CC3C4CCC5=CC(=O)CCC5(C)C4CCC3(C)C2=O)cnn1C. The van der Waals surface area contributed by atoms with Crippen LogP contribution in [-0.2, 0) is 16.6 Å². The highest BCUT2D eigenvalue weighted by molar-refractivity contribution is 6.06. The van der Waals surface area contributed by atoms with E-state index in [0.717, 1.165) is 55.4 Å². The smallest absolute Gasteiger partial charge is 0.165 e. The quantitative estimate of drug-likeness (QED) is 0.644. The fourth-order valence-electron chi connectivity index (χ4n) is 7.20. The highest BCUT2D eigenvalue weighted by Gasteiger charge is 2.60. The fraction of sp³-hybridized carbons (Fsp3) is 0.640. The standard InChI is InChI=1S/C25H32N2O2/c1-15-17(14-26-27(15)4)11-16-12-22-20-6-5-18-13-19(28)7-9-24(18,2)21(20)8-10-25(22,3)23(16)29/h11,13-14,20-22H,5-10,12H2,1-4H3/b16-11-. The van der Waals surface area contributed by atoms with Crippen LogP contribution in [0, 0.1) is 35.5 Å². The Balaban J connectivity index is 1.49. The molecule has 5 unspecified atom stereocenters. The number of fused-ring (bicyclic) bond motifs is 5. The Kier molecular flexibility index (Phi) is 4.11. The van der Waals surface area contributed by atoms with Crippen LogP contribution in [0.2, 0.25) is 0 Å². The predicted octanol–water partition coefficient (Wildman–Crippen LogP) is 4.82. The number of hydrogen-bond acceptors (Lipinski definition) is 3. The van der Waals surface area contributed by atoms with E-state index >= 15 is 0 Å². The van der Waals surface area contributed by atoms with Gasteiger partial charge in [0.25, 0.3) is 0 Å². The third-order valence-corrected chi connectivity index (χ3v) is 9.20. The summed E-state index contributed by atoms with van der Waals surface area (Å²) in [4.78, 5) is 25.5. The van der Waals surface area contributed by atoms with E-state index in [1.54, 1.807) is 0 Å². The molecule has 5 rings (SSSR count). The largest absolute Gasteiger partial charge is 0.295 e. The van der Waals surface area contributed by atoms with E-state index in [1.807, 2.05) is 24.0 Å². The van der Waals surface area contributed by atoms with Gasteiger partial charge in [-0.1, -0.05) is 19.4 Å². The minimum absolute atomic E-state index is 0.160. The molecule has 5 atom stereocenters. The molecule has 0 aliphatic heterocycles. The summed E-state index contributed by atoms with van der Waals surface area (Å²) in [5.74, 6) is 2.32. The molecule has 154 valence electrons. The number of aromatic nitrogens is 2. The average Bonchev–Trinajstić information content (AvgIpc) is 3.14. The number of rotatable bonds is 1. The van der Waals surface area contributed by atoms with Gasteiger partial charge in [-0.2, -0.15) is 5.10 Å². The van der Waals surface area contributed by atoms with Crippen LogP contribution in [0.3, 0.4) is 0 Å². The molecule has 0 aromatic carbocycles. The van der Waals surface area contributed by atoms with Crippen molar-refractivity contribution in [2.24, 2.45) is 35.6 Å². The Bertz CT molecular complexity index is 967. The normalized spacial score (nSPS) is 40.5. The summed E-state index contributed by atoms with van der Waals surface area (Å²) in [5, 5.41) is 4.34. The average molecular weight is 393 g/mol. The van der Waals surface area contributed by atoms with E-state index in [0.29, 0.717) is 35.7 Å². The molecule has 4 heteroatoms. The van der Waals surface area contributed by atoms with Gasteiger partial charge in [-0.3, -0.25) is 14.3 Å². The minimum atomic E-state index is -0.217. The lowest BCUT2D eigenvalue weighted by molar-refractivity contribution is -0.130. The van der Waals surface area contributed by atoms with Gasteiger partial charge in [0.15, 0.2) is 11.6 Å². The number of nitrogens with zero attached hydrogens (tertiary/aromatic N) is 2. The van der Waals surface area contributed by atoms with Crippen LogP contribution in [-0.4, -0.2) is 21.3 Å². The van der Waals surface area contributed by atoms with Crippen molar-refractivity contribution in [1.82, 2.24) is 9.78 Å². The lowest BCUT2D eigenvalue weighted by Crippen LogP contribution is -2.50. The van der Waals surface area contributed by atoms with Gasteiger partial charge in [-0.25, -0.2) is 0 Å². The lowest BCUT2D eigenvalue weighted by atomic mass is 9.47. The van der Waals surface area contributed by atoms with Crippen molar-refractivity contribution in [2.75, 3.05) is 0 Å². The Morgan fingerprint density at radius 2 is 1.90 bits per heavy atom. The summed E-state index contributed by atoms with van der Waals surface area (Å²) in [5.41, 5.74) is 4.51. The molecule has 0 radical (unpaired) electrons. The molecule has 4 aliphatic rings. The first-order valence-electron chi connectivity index (χ1n) is 11.2. The molecular formula is C25H32N2O2. The topological polar surface area (TPSA) is 52.0 Å². The minimum Gasteiger partial charge on any atom is -0.295 e. The predicted molar refractivity (Wildman–Crippen MR) is 113 cm³/mol. The second kappa shape index (κ2) is 6.26. The summed E-state index contributed by atoms with van der Waals surface area (Å²) in [6.45, 7) is 6.69. The summed E-state index contributed by atoms with van der Waals surface area (Å²) in [6, 6.07) is 0. The van der Waals surface area contributed by atoms with E-state index in [2.05, 4.69) is 31.9 Å². The van der Waals surface area contributed by atoms with Crippen molar-refractivity contribution >= 4 is 17.6 Å². The van der Waals surface area contributed by atoms with Crippen LogP contribution in [0.25, 0.3) is 6.08 Å². The highest BCUT2D eigenvalue weighted by Crippen LogP contribution is 2.65. The molecule has 3 saturated carbocycles. The zero-order valence-corrected chi connectivity index (χ0v) is 18.1. The lowest BCUT2D eigenvalue weighted by Gasteiger charge is -2.56. The maximum atomic E-state index is 13.5. The van der Waals surface area contributed by atoms with E-state index in [4.69, 9.17) is 0 Å². The molecule has 0 bridgehead atoms. The first-order chi connectivity index (χ1) is 13.7. The van der Waals surface area contributed by atoms with Gasteiger partial charge in [0.1, 0.15) is 0 Å². The third-order valence-electron chi connectivity index (χ3n) is 9.20. The van der Waals surface area contributed by atoms with E-state index in [1.165, 1.54) is 5.57 Å². The number of carbonyl (C=O) groups excluding carboxylic acids is 2. The summed E-state index contributed by atoms with van der Waals surface area (Å²) >= 11 is 0. The maximum absolute atomic E-state index is 13.5. The number of hydrogen-bond donors (Lipinski definition) is 0. The molecule has 0 N–H and O–H groups in total. The Hall–Kier alpha value is -1.97. The summed E-state index contributed by atoms with van der Waals surface area (Å²) in [7, 11) is 1.95. The van der Waals surface area contributed by atoms with Crippen LogP contribution in [0.15, 0.2) is 23.4 Å². The highest BCUT2D eigenvalue weighted by atomic mass is 16.1. The van der Waals surface area contributed by atoms with Crippen LogP contribution in [0.4, 0.5) is 0 Å². The zero-order valence-electron chi connectivity index (χ0n) is 18.1. The van der Waals surface area contributed by atoms with Gasteiger partial charge in [0.2, 0.25) is 0 Å². The van der Waals surface area contributed by atoms with Gasteiger partial charge in [-0.05, 0) is 86.3 Å². The molecule has 3 fully saturated rings. The van der Waals surface area contributed by atoms with E-state index in [9.17, 15) is 9.59 Å². The molecule has 29 heavy (non-hydrogen) atoms. The van der Waals surface area contributed by atoms with Crippen molar-refractivity contribution in [3.63, 3.8) is 0 Å². The van der Waals surface area contributed by atoms with Gasteiger partial charge in [0, 0.05) is 30.1 Å². The van der Waals surface area contributed by atoms with Crippen LogP contribution in [0.5, 0.6) is 0 Å². The molecule has 4 aliphatic carbocycles. The number of aryl methyl sites for hydroxylation is 1. The Morgan fingerprint density at radius 3 is 2.62 bits per heavy atom. The van der Waals surface area contributed by atoms with Crippen LogP contribution < -0.4 is 0 Å². The van der Waals surface area contributed by atoms with E-state index in [-0.39, 0.29) is 10.8 Å². The molecule has 1 heterocycles. The second-order valence-corrected chi connectivity index (χ2v) is 10.4. The molecule has 1 aromatic rings. The van der Waals surface area contributed by atoms with Gasteiger partial charge in [0.05, 0.1) is 6.20 Å². The zero-order chi connectivity index (χ0) is 20.6. The molecule has 4 nitrogen and oxygen atoms in total. The van der Waals surface area contributed by atoms with Crippen molar-refractivity contribution in [3.8, 4) is 0 Å². The molecule has 1 aromatic heterocycles. The van der Waals surface area contributed by atoms with Crippen LogP contribution in [0.1, 0.15) is 70.1 Å². The molecular weight excluding hydrogens is 360 g/mol. The first kappa shape index (κ1) is 19.0. The van der Waals surface area contributed by atoms with Gasteiger partial charge < -0.3 is 0 Å². The first-order valence-corrected chi connectivity index (χ1v) is 11.2. The van der Waals surface area contributed by atoms with Gasteiger partial charge in [-0.15, -0.1) is 0 Å². The number of carbonyl (C=O) groups is 2. The number of ketones is 2. The van der Waals surface area contributed by atoms with Gasteiger partial charge >= 0.3 is 0 Å². The van der Waals surface area contributed by atoms with Crippen molar-refractivity contribution in [2.45, 2.75) is 65.7 Å². The molecule has 0 saturated heterocycles. The van der Waals surface area contributed by atoms with E-state index < -0.39 is 0 Å². The molecule has 0 spiro atoms. The third kappa shape index (κ3) is 2.60. The summed E-state index contributed by atoms with van der Waals surface area (Å²) in [6.07, 6.45) is 12.8. The number of Topliss-reactive ketones (excluding diaryl/α,β-unsaturated/α-hetero) is 1. The second-order valence-electron chi connectivity index (χ2n) is 10.4. The monoisotopic (exact) mass is 392 g/mol. The van der Waals surface area contributed by atoms with Crippen LogP contribution >= 0.6 is 0 Å². The summed E-state index contributed by atoms with van der Waals surface area (Å²) < 4.78 is 1.87. The van der Waals surface area contributed by atoms with Crippen molar-refractivity contribution < 1.29 is 9.59 Å². The van der Waals surface area contributed by atoms with Crippen molar-refractivity contribution in [3.05, 3.63) is 34.7 Å². The Labute approximate surface area is 173 Å². The fourth-order valence-corrected chi connectivity index (χ4v) is 7.20. The Morgan fingerprint density at radius 1 is 1.10 bits per heavy atom. The maximum Gasteiger partial charge on any atom is 0.165 e. The molecule has 0 amide bonds. The van der Waals surface area contributed by atoms with Crippen molar-refractivity contribution in [1.29, 1.82) is 0 Å². The number of allylic oxidation sites excluding steroid dienone is 2.